The van der Waals surface area contributed by atoms with Crippen LogP contribution in [-0.2, 0) is 4.79 Å². The molecule has 2 heterocycles. The van der Waals surface area contributed by atoms with Crippen molar-refractivity contribution in [2.45, 2.75) is 13.3 Å². The molecule has 0 atom stereocenters. The summed E-state index contributed by atoms with van der Waals surface area (Å²) < 4.78 is 0. The number of rotatable bonds is 7. The molecule has 0 unspecified atom stereocenters. The molecule has 7 heteroatoms. The molecule has 0 aromatic carbocycles. The van der Waals surface area contributed by atoms with Crippen molar-refractivity contribution >= 4 is 23.5 Å². The smallest absolute Gasteiger partial charge is 0.255 e. The van der Waals surface area contributed by atoms with Gasteiger partial charge in [-0.25, -0.2) is 9.97 Å². The second-order valence-corrected chi connectivity index (χ2v) is 5.93. The standard InChI is InChI=1S/C19H23N5O2/c1-5-6-8-21-19(26)16-10-15(12-22-18(16)24(3)4)14-7-9-20-17(11-14)23-13(2)25/h5,7,9-12H,1,6,8H2,2-4H3,(H,21,26)(H,20,23,25). The van der Waals surface area contributed by atoms with Crippen LogP contribution in [0, 0.1) is 0 Å². The molecule has 2 rings (SSSR count). The summed E-state index contributed by atoms with van der Waals surface area (Å²) in [5.41, 5.74) is 2.05. The fraction of sp³-hybridized carbons (Fsp3) is 0.263. The molecule has 0 bridgehead atoms. The number of carbonyl (C=O) groups excluding carboxylic acids is 2. The molecule has 2 aromatic rings. The highest BCUT2D eigenvalue weighted by molar-refractivity contribution is 6.00. The van der Waals surface area contributed by atoms with E-state index in [-0.39, 0.29) is 11.8 Å². The summed E-state index contributed by atoms with van der Waals surface area (Å²) >= 11 is 0. The minimum atomic E-state index is -0.196. The number of nitrogens with one attached hydrogen (secondary N) is 2. The average molecular weight is 353 g/mol. The normalized spacial score (nSPS) is 10.1. The Bertz CT molecular complexity index is 817. The Balaban J connectivity index is 2.38. The second kappa shape index (κ2) is 8.75. The Kier molecular flexibility index (Phi) is 6.43. The van der Waals surface area contributed by atoms with Gasteiger partial charge in [0.05, 0.1) is 5.56 Å². The molecule has 0 saturated heterocycles. The molecule has 0 saturated carbocycles. The number of anilines is 2. The van der Waals surface area contributed by atoms with Crippen LogP contribution in [0.3, 0.4) is 0 Å². The van der Waals surface area contributed by atoms with E-state index in [2.05, 4.69) is 27.2 Å². The van der Waals surface area contributed by atoms with E-state index in [4.69, 9.17) is 0 Å². The molecule has 2 N–H and O–H groups in total. The highest BCUT2D eigenvalue weighted by Crippen LogP contribution is 2.25. The zero-order chi connectivity index (χ0) is 19.1. The van der Waals surface area contributed by atoms with Crippen molar-refractivity contribution in [1.29, 1.82) is 0 Å². The number of pyridine rings is 2. The van der Waals surface area contributed by atoms with E-state index in [1.807, 2.05) is 14.1 Å². The van der Waals surface area contributed by atoms with Gasteiger partial charge in [0, 0.05) is 45.5 Å². The SMILES string of the molecule is C=CCCNC(=O)c1cc(-c2ccnc(NC(C)=O)c2)cnc1N(C)C. The molecular formula is C19H23N5O2. The maximum atomic E-state index is 12.6. The first-order chi connectivity index (χ1) is 12.4. The third kappa shape index (κ3) is 4.89. The van der Waals surface area contributed by atoms with Crippen molar-refractivity contribution in [2.75, 3.05) is 30.9 Å². The molecule has 7 nitrogen and oxygen atoms in total. The summed E-state index contributed by atoms with van der Waals surface area (Å²) in [5, 5.41) is 5.51. The number of aromatic nitrogens is 2. The van der Waals surface area contributed by atoms with E-state index in [1.54, 1.807) is 41.6 Å². The van der Waals surface area contributed by atoms with Crippen LogP contribution in [0.15, 0.2) is 43.2 Å². The van der Waals surface area contributed by atoms with Gasteiger partial charge in [-0.2, -0.15) is 0 Å². The molecule has 0 aliphatic heterocycles. The third-order valence-electron chi connectivity index (χ3n) is 3.57. The van der Waals surface area contributed by atoms with Gasteiger partial charge in [0.25, 0.3) is 5.91 Å². The molecule has 136 valence electrons. The van der Waals surface area contributed by atoms with Crippen molar-refractivity contribution in [3.05, 3.63) is 48.8 Å². The van der Waals surface area contributed by atoms with Crippen molar-refractivity contribution in [3.63, 3.8) is 0 Å². The Morgan fingerprint density at radius 3 is 2.65 bits per heavy atom. The maximum Gasteiger partial charge on any atom is 0.255 e. The topological polar surface area (TPSA) is 87.2 Å². The summed E-state index contributed by atoms with van der Waals surface area (Å²) in [7, 11) is 3.67. The number of hydrogen-bond donors (Lipinski definition) is 2. The molecule has 0 fully saturated rings. The van der Waals surface area contributed by atoms with Crippen LogP contribution in [0.5, 0.6) is 0 Å². The number of nitrogens with zero attached hydrogens (tertiary/aromatic N) is 3. The van der Waals surface area contributed by atoms with E-state index in [1.165, 1.54) is 6.92 Å². The minimum absolute atomic E-state index is 0.193. The van der Waals surface area contributed by atoms with Crippen LogP contribution < -0.4 is 15.5 Å². The van der Waals surface area contributed by atoms with Gasteiger partial charge in [-0.15, -0.1) is 6.58 Å². The third-order valence-corrected chi connectivity index (χ3v) is 3.57. The van der Waals surface area contributed by atoms with Gasteiger partial charge in [0.2, 0.25) is 5.91 Å². The molecule has 0 spiro atoms. The first-order valence-electron chi connectivity index (χ1n) is 8.23. The number of hydrogen-bond acceptors (Lipinski definition) is 5. The quantitative estimate of drug-likeness (QED) is 0.590. The van der Waals surface area contributed by atoms with Gasteiger partial charge in [0.1, 0.15) is 11.6 Å². The van der Waals surface area contributed by atoms with E-state index in [0.717, 1.165) is 11.1 Å². The maximum absolute atomic E-state index is 12.6. The number of amides is 2. The summed E-state index contributed by atoms with van der Waals surface area (Å²) in [5.74, 6) is 0.642. The summed E-state index contributed by atoms with van der Waals surface area (Å²) in [4.78, 5) is 34.1. The zero-order valence-corrected chi connectivity index (χ0v) is 15.2. The van der Waals surface area contributed by atoms with Gasteiger partial charge >= 0.3 is 0 Å². The first-order valence-corrected chi connectivity index (χ1v) is 8.23. The minimum Gasteiger partial charge on any atom is -0.362 e. The molecule has 26 heavy (non-hydrogen) atoms. The van der Waals surface area contributed by atoms with Crippen LogP contribution in [-0.4, -0.2) is 42.4 Å². The van der Waals surface area contributed by atoms with E-state index in [0.29, 0.717) is 30.2 Å². The monoisotopic (exact) mass is 353 g/mol. The molecule has 0 aliphatic carbocycles. The van der Waals surface area contributed by atoms with Crippen molar-refractivity contribution < 1.29 is 9.59 Å². The second-order valence-electron chi connectivity index (χ2n) is 5.93. The largest absolute Gasteiger partial charge is 0.362 e. The van der Waals surface area contributed by atoms with Crippen LogP contribution >= 0.6 is 0 Å². The summed E-state index contributed by atoms with van der Waals surface area (Å²) in [6.07, 6.45) is 5.75. The Hall–Kier alpha value is -3.22. The van der Waals surface area contributed by atoms with Crippen LogP contribution in [0.2, 0.25) is 0 Å². The van der Waals surface area contributed by atoms with Crippen LogP contribution in [0.1, 0.15) is 23.7 Å². The van der Waals surface area contributed by atoms with Crippen LogP contribution in [0.25, 0.3) is 11.1 Å². The highest BCUT2D eigenvalue weighted by Gasteiger charge is 2.16. The molecule has 2 amide bonds. The lowest BCUT2D eigenvalue weighted by Gasteiger charge is -2.17. The molecule has 0 aliphatic rings. The predicted octanol–water partition coefficient (Wildman–Crippen LogP) is 2.47. The Morgan fingerprint density at radius 1 is 1.23 bits per heavy atom. The van der Waals surface area contributed by atoms with Crippen molar-refractivity contribution in [1.82, 2.24) is 15.3 Å². The molecular weight excluding hydrogens is 330 g/mol. The molecule has 2 aromatic heterocycles. The van der Waals surface area contributed by atoms with E-state index < -0.39 is 0 Å². The van der Waals surface area contributed by atoms with Crippen molar-refractivity contribution in [2.24, 2.45) is 0 Å². The van der Waals surface area contributed by atoms with Gasteiger partial charge in [0.15, 0.2) is 0 Å². The van der Waals surface area contributed by atoms with Gasteiger partial charge < -0.3 is 15.5 Å². The Morgan fingerprint density at radius 2 is 2.00 bits per heavy atom. The Labute approximate surface area is 153 Å². The van der Waals surface area contributed by atoms with Crippen LogP contribution in [0.4, 0.5) is 11.6 Å². The first kappa shape index (κ1) is 19.1. The van der Waals surface area contributed by atoms with E-state index >= 15 is 0 Å². The van der Waals surface area contributed by atoms with Gasteiger partial charge in [-0.1, -0.05) is 6.08 Å². The molecule has 0 radical (unpaired) electrons. The summed E-state index contributed by atoms with van der Waals surface area (Å²) in [6, 6.07) is 5.34. The van der Waals surface area contributed by atoms with Crippen molar-refractivity contribution in [3.8, 4) is 11.1 Å². The lowest BCUT2D eigenvalue weighted by Crippen LogP contribution is -2.27. The van der Waals surface area contributed by atoms with Gasteiger partial charge in [-0.05, 0) is 30.2 Å². The highest BCUT2D eigenvalue weighted by atomic mass is 16.2. The fourth-order valence-corrected chi connectivity index (χ4v) is 2.38. The summed E-state index contributed by atoms with van der Waals surface area (Å²) in [6.45, 7) is 5.59. The number of carbonyl (C=O) groups is 2. The van der Waals surface area contributed by atoms with Gasteiger partial charge in [-0.3, -0.25) is 9.59 Å². The average Bonchev–Trinajstić information content (AvgIpc) is 2.61. The lowest BCUT2D eigenvalue weighted by atomic mass is 10.1. The fourth-order valence-electron chi connectivity index (χ4n) is 2.38. The zero-order valence-electron chi connectivity index (χ0n) is 15.2. The lowest BCUT2D eigenvalue weighted by molar-refractivity contribution is -0.114. The predicted molar refractivity (Wildman–Crippen MR) is 103 cm³/mol. The van der Waals surface area contributed by atoms with E-state index in [9.17, 15) is 9.59 Å².